The van der Waals surface area contributed by atoms with E-state index in [1.165, 1.54) is 17.3 Å². The van der Waals surface area contributed by atoms with Crippen LogP contribution < -0.4 is 16.6 Å². The molecule has 1 aliphatic rings. The van der Waals surface area contributed by atoms with Gasteiger partial charge in [-0.15, -0.1) is 0 Å². The summed E-state index contributed by atoms with van der Waals surface area (Å²) in [6, 6.07) is 17.8. The molecule has 2 aromatic heterocycles. The molecule has 0 aliphatic carbocycles. The van der Waals surface area contributed by atoms with E-state index >= 15 is 0 Å². The first-order valence-electron chi connectivity index (χ1n) is 17.7. The van der Waals surface area contributed by atoms with Crippen LogP contribution in [0.4, 0.5) is 0 Å². The molecule has 1 aliphatic heterocycles. The van der Waals surface area contributed by atoms with E-state index in [9.17, 15) is 19.5 Å². The molecule has 262 valence electrons. The molecule has 3 heterocycles. The Morgan fingerprint density at radius 2 is 1.63 bits per heavy atom. The second kappa shape index (κ2) is 16.8. The van der Waals surface area contributed by atoms with E-state index in [0.717, 1.165) is 61.0 Å². The van der Waals surface area contributed by atoms with Crippen LogP contribution in [0.3, 0.4) is 0 Å². The number of carbonyl (C=O) groups excluding carboxylic acids is 2. The topological polar surface area (TPSA) is 148 Å². The number of aliphatic hydroxyl groups is 1. The van der Waals surface area contributed by atoms with Gasteiger partial charge in [-0.05, 0) is 49.3 Å². The molecule has 1 atom stereocenters. The SMILES string of the molecule is C[C@H](CC(=O)N1CCC(O)(Cn2cnc3c(-c4ccc(CNC(=O)CCCCCCCCN)cc4)n(C)nc3c2=O)CC1)c1ccccc1. The summed E-state index contributed by atoms with van der Waals surface area (Å²) >= 11 is 0. The smallest absolute Gasteiger partial charge is 0.281 e. The third-order valence-electron chi connectivity index (χ3n) is 9.75. The number of unbranched alkanes of at least 4 members (excludes halogenated alkanes) is 5. The van der Waals surface area contributed by atoms with Crippen LogP contribution in [0.1, 0.15) is 88.2 Å². The molecule has 0 spiro atoms. The van der Waals surface area contributed by atoms with Crippen molar-refractivity contribution < 1.29 is 14.7 Å². The summed E-state index contributed by atoms with van der Waals surface area (Å²) in [7, 11) is 1.78. The Morgan fingerprint density at radius 1 is 0.959 bits per heavy atom. The van der Waals surface area contributed by atoms with Gasteiger partial charge in [-0.3, -0.25) is 23.6 Å². The molecular formula is C38H51N7O4. The third-order valence-corrected chi connectivity index (χ3v) is 9.75. The van der Waals surface area contributed by atoms with Crippen molar-refractivity contribution in [2.75, 3.05) is 19.6 Å². The summed E-state index contributed by atoms with van der Waals surface area (Å²) in [5, 5.41) is 19.0. The Labute approximate surface area is 288 Å². The van der Waals surface area contributed by atoms with Crippen LogP contribution in [0.15, 0.2) is 65.7 Å². The molecule has 1 saturated heterocycles. The fourth-order valence-electron chi connectivity index (χ4n) is 6.68. The number of amides is 2. The lowest BCUT2D eigenvalue weighted by Gasteiger charge is -2.38. The number of rotatable bonds is 16. The zero-order valence-electron chi connectivity index (χ0n) is 28.9. The van der Waals surface area contributed by atoms with Crippen LogP contribution in [0.5, 0.6) is 0 Å². The first kappa shape index (κ1) is 35.9. The van der Waals surface area contributed by atoms with E-state index in [0.29, 0.717) is 50.8 Å². The number of benzene rings is 2. The standard InChI is InChI=1S/C38H51N7O4/c1-28(30-12-8-7-9-13-30)24-33(47)44-22-19-38(49,20-23-44)26-45-27-41-34-35(37(45)48)42-43(2)36(34)31-17-15-29(16-18-31)25-40-32(46)14-10-5-3-4-6-11-21-39/h7-9,12-13,15-18,27-28,49H,3-6,10-11,14,19-26,39H2,1-2H3,(H,40,46)/t28-/m1/s1. The van der Waals surface area contributed by atoms with Gasteiger partial charge in [0.1, 0.15) is 5.52 Å². The second-order valence-electron chi connectivity index (χ2n) is 13.6. The van der Waals surface area contributed by atoms with Crippen molar-refractivity contribution in [2.24, 2.45) is 12.8 Å². The number of piperidine rings is 1. The molecule has 11 heteroatoms. The summed E-state index contributed by atoms with van der Waals surface area (Å²) in [6.07, 6.45) is 9.67. The monoisotopic (exact) mass is 669 g/mol. The van der Waals surface area contributed by atoms with Crippen LogP contribution in [0, 0.1) is 0 Å². The van der Waals surface area contributed by atoms with Crippen LogP contribution in [0.25, 0.3) is 22.3 Å². The van der Waals surface area contributed by atoms with E-state index in [2.05, 4.69) is 22.3 Å². The highest BCUT2D eigenvalue weighted by Crippen LogP contribution is 2.28. The number of likely N-dealkylation sites (tertiary alicyclic amines) is 1. The fourth-order valence-corrected chi connectivity index (χ4v) is 6.68. The summed E-state index contributed by atoms with van der Waals surface area (Å²) < 4.78 is 3.09. The molecule has 0 unspecified atom stereocenters. The number of hydrogen-bond donors (Lipinski definition) is 3. The zero-order valence-corrected chi connectivity index (χ0v) is 28.9. The Balaban J connectivity index is 1.15. The van der Waals surface area contributed by atoms with Gasteiger partial charge in [0.05, 0.1) is 24.2 Å². The van der Waals surface area contributed by atoms with Crippen molar-refractivity contribution >= 4 is 22.8 Å². The number of carbonyl (C=O) groups is 2. The molecule has 0 radical (unpaired) electrons. The van der Waals surface area contributed by atoms with Gasteiger partial charge in [-0.2, -0.15) is 5.10 Å². The number of hydrogen-bond acceptors (Lipinski definition) is 7. The van der Waals surface area contributed by atoms with E-state index in [4.69, 9.17) is 5.73 Å². The van der Waals surface area contributed by atoms with Gasteiger partial charge in [-0.25, -0.2) is 4.98 Å². The number of nitrogens with zero attached hydrogens (tertiary/aromatic N) is 5. The van der Waals surface area contributed by atoms with Crippen LogP contribution in [0.2, 0.25) is 0 Å². The second-order valence-corrected chi connectivity index (χ2v) is 13.6. The maximum Gasteiger partial charge on any atom is 0.281 e. The Morgan fingerprint density at radius 3 is 2.33 bits per heavy atom. The number of aryl methyl sites for hydroxylation is 1. The molecule has 2 amide bonds. The average Bonchev–Trinajstić information content (AvgIpc) is 3.45. The zero-order chi connectivity index (χ0) is 34.8. The molecular weight excluding hydrogens is 618 g/mol. The number of aromatic nitrogens is 4. The highest BCUT2D eigenvalue weighted by Gasteiger charge is 2.35. The quantitative estimate of drug-likeness (QED) is 0.147. The number of nitrogens with one attached hydrogen (secondary N) is 1. The predicted octanol–water partition coefficient (Wildman–Crippen LogP) is 4.65. The van der Waals surface area contributed by atoms with E-state index in [1.807, 2.05) is 59.5 Å². The Hall–Kier alpha value is -4.35. The first-order chi connectivity index (χ1) is 23.7. The minimum Gasteiger partial charge on any atom is -0.388 e. The maximum atomic E-state index is 13.6. The van der Waals surface area contributed by atoms with Crippen LogP contribution in [-0.2, 0) is 29.7 Å². The highest BCUT2D eigenvalue weighted by molar-refractivity contribution is 5.89. The lowest BCUT2D eigenvalue weighted by Crippen LogP contribution is -2.49. The molecule has 0 bridgehead atoms. The number of fused-ring (bicyclic) bond motifs is 1. The molecule has 0 saturated carbocycles. The molecule has 5 rings (SSSR count). The van der Waals surface area contributed by atoms with Crippen molar-refractivity contribution in [3.63, 3.8) is 0 Å². The van der Waals surface area contributed by atoms with Gasteiger partial charge in [0.2, 0.25) is 11.8 Å². The van der Waals surface area contributed by atoms with Crippen LogP contribution in [-0.4, -0.2) is 66.4 Å². The molecule has 11 nitrogen and oxygen atoms in total. The van der Waals surface area contributed by atoms with Gasteiger partial charge in [0.15, 0.2) is 5.52 Å². The summed E-state index contributed by atoms with van der Waals surface area (Å²) in [5.74, 6) is 0.246. The Kier molecular flexibility index (Phi) is 12.4. The van der Waals surface area contributed by atoms with Crippen LogP contribution >= 0.6 is 0 Å². The van der Waals surface area contributed by atoms with Crippen molar-refractivity contribution in [1.82, 2.24) is 29.5 Å². The summed E-state index contributed by atoms with van der Waals surface area (Å²) in [4.78, 5) is 45.3. The molecule has 2 aromatic carbocycles. The summed E-state index contributed by atoms with van der Waals surface area (Å²) in [6.45, 7) is 4.20. The third kappa shape index (κ3) is 9.42. The first-order valence-corrected chi connectivity index (χ1v) is 17.7. The summed E-state index contributed by atoms with van der Waals surface area (Å²) in [5.41, 5.74) is 8.51. The van der Waals surface area contributed by atoms with E-state index in [-0.39, 0.29) is 35.4 Å². The Bertz CT molecular complexity index is 1740. The molecule has 4 aromatic rings. The predicted molar refractivity (Wildman–Crippen MR) is 192 cm³/mol. The van der Waals surface area contributed by atoms with Gasteiger partial charge in [0.25, 0.3) is 5.56 Å². The lowest BCUT2D eigenvalue weighted by atomic mass is 9.90. The molecule has 4 N–H and O–H groups in total. The molecule has 49 heavy (non-hydrogen) atoms. The van der Waals surface area contributed by atoms with Gasteiger partial charge >= 0.3 is 0 Å². The molecule has 1 fully saturated rings. The largest absolute Gasteiger partial charge is 0.388 e. The van der Waals surface area contributed by atoms with E-state index < -0.39 is 5.60 Å². The lowest BCUT2D eigenvalue weighted by molar-refractivity contribution is -0.136. The van der Waals surface area contributed by atoms with Crippen molar-refractivity contribution in [1.29, 1.82) is 0 Å². The van der Waals surface area contributed by atoms with Crippen molar-refractivity contribution in [3.05, 3.63) is 82.4 Å². The van der Waals surface area contributed by atoms with Crippen molar-refractivity contribution in [3.8, 4) is 11.3 Å². The normalized spacial score (nSPS) is 15.0. The maximum absolute atomic E-state index is 13.6. The minimum absolute atomic E-state index is 0.0568. The number of nitrogens with two attached hydrogens (primary N) is 1. The van der Waals surface area contributed by atoms with E-state index in [1.54, 1.807) is 11.7 Å². The fraction of sp³-hybridized carbons (Fsp3) is 0.500. The van der Waals surface area contributed by atoms with Crippen molar-refractivity contribution in [2.45, 2.75) is 95.7 Å². The van der Waals surface area contributed by atoms with Gasteiger partial charge in [-0.1, -0.05) is 87.2 Å². The van der Waals surface area contributed by atoms with Gasteiger partial charge < -0.3 is 21.1 Å². The van der Waals surface area contributed by atoms with Gasteiger partial charge in [0, 0.05) is 45.1 Å². The minimum atomic E-state index is -1.13. The highest BCUT2D eigenvalue weighted by atomic mass is 16.3. The average molecular weight is 670 g/mol.